The van der Waals surface area contributed by atoms with Crippen molar-refractivity contribution in [1.29, 1.82) is 0 Å². The number of ether oxygens (including phenoxy) is 2. The largest absolute Gasteiger partial charge is 0.488 e. The number of para-hydroxylation sites is 1. The van der Waals surface area contributed by atoms with Crippen molar-refractivity contribution >= 4 is 35.3 Å². The number of rotatable bonds is 7. The molecule has 2 aromatic carbocycles. The van der Waals surface area contributed by atoms with Crippen LogP contribution in [0.3, 0.4) is 0 Å². The van der Waals surface area contributed by atoms with Crippen molar-refractivity contribution in [3.8, 4) is 5.75 Å². The van der Waals surface area contributed by atoms with Gasteiger partial charge in [-0.3, -0.25) is 9.69 Å². The molecule has 1 N–H and O–H groups in total. The molecule has 6 nitrogen and oxygen atoms in total. The SMILES string of the molecule is O=C(CN1CCOCC1)N/N=C/c1ccccc1OCc1ccc(Cl)c(Cl)c1. The zero-order chi connectivity index (χ0) is 19.8. The maximum absolute atomic E-state index is 12.0. The third-order valence-electron chi connectivity index (χ3n) is 4.16. The number of nitrogens with one attached hydrogen (secondary N) is 1. The molecule has 0 unspecified atom stereocenters. The summed E-state index contributed by atoms with van der Waals surface area (Å²) in [5.74, 6) is 0.493. The fraction of sp³-hybridized carbons (Fsp3) is 0.300. The van der Waals surface area contributed by atoms with Crippen LogP contribution in [-0.4, -0.2) is 49.9 Å². The van der Waals surface area contributed by atoms with E-state index >= 15 is 0 Å². The Morgan fingerprint density at radius 3 is 2.75 bits per heavy atom. The van der Waals surface area contributed by atoms with Gasteiger partial charge < -0.3 is 9.47 Å². The average molecular weight is 422 g/mol. The minimum Gasteiger partial charge on any atom is -0.488 e. The van der Waals surface area contributed by atoms with Gasteiger partial charge in [0, 0.05) is 18.7 Å². The van der Waals surface area contributed by atoms with Gasteiger partial charge >= 0.3 is 0 Å². The highest BCUT2D eigenvalue weighted by molar-refractivity contribution is 6.42. The zero-order valence-corrected chi connectivity index (χ0v) is 16.7. The Hall–Kier alpha value is -2.12. The number of amides is 1. The number of benzene rings is 2. The van der Waals surface area contributed by atoms with Crippen LogP contribution < -0.4 is 10.2 Å². The summed E-state index contributed by atoms with van der Waals surface area (Å²) in [6, 6.07) is 12.8. The van der Waals surface area contributed by atoms with Gasteiger partial charge in [-0.25, -0.2) is 5.43 Å². The van der Waals surface area contributed by atoms with E-state index in [2.05, 4.69) is 10.5 Å². The van der Waals surface area contributed by atoms with Crippen LogP contribution in [-0.2, 0) is 16.1 Å². The van der Waals surface area contributed by atoms with Gasteiger partial charge in [0.15, 0.2) is 0 Å². The van der Waals surface area contributed by atoms with Gasteiger partial charge in [-0.05, 0) is 29.8 Å². The van der Waals surface area contributed by atoms with Gasteiger partial charge in [-0.2, -0.15) is 5.10 Å². The van der Waals surface area contributed by atoms with E-state index in [-0.39, 0.29) is 5.91 Å². The number of morpholine rings is 1. The molecule has 3 rings (SSSR count). The second-order valence-electron chi connectivity index (χ2n) is 6.26. The predicted molar refractivity (Wildman–Crippen MR) is 110 cm³/mol. The van der Waals surface area contributed by atoms with Crippen LogP contribution in [0.5, 0.6) is 5.75 Å². The van der Waals surface area contributed by atoms with Crippen LogP contribution in [0.2, 0.25) is 10.0 Å². The van der Waals surface area contributed by atoms with Crippen molar-refractivity contribution in [3.05, 3.63) is 63.6 Å². The summed E-state index contributed by atoms with van der Waals surface area (Å²) < 4.78 is 11.1. The number of carbonyl (C=O) groups is 1. The number of nitrogens with zero attached hydrogens (tertiary/aromatic N) is 2. The lowest BCUT2D eigenvalue weighted by molar-refractivity contribution is -0.123. The average Bonchev–Trinajstić information content (AvgIpc) is 2.70. The first kappa shape index (κ1) is 20.6. The first-order valence-corrected chi connectivity index (χ1v) is 9.65. The number of hydrogen-bond acceptors (Lipinski definition) is 5. The molecule has 148 valence electrons. The van der Waals surface area contributed by atoms with Gasteiger partial charge in [-0.1, -0.05) is 41.4 Å². The van der Waals surface area contributed by atoms with E-state index in [9.17, 15) is 4.79 Å². The lowest BCUT2D eigenvalue weighted by Crippen LogP contribution is -2.42. The van der Waals surface area contributed by atoms with Crippen LogP contribution in [0, 0.1) is 0 Å². The Morgan fingerprint density at radius 2 is 1.96 bits per heavy atom. The molecule has 1 saturated heterocycles. The van der Waals surface area contributed by atoms with Crippen molar-refractivity contribution < 1.29 is 14.3 Å². The summed E-state index contributed by atoms with van der Waals surface area (Å²) in [7, 11) is 0. The molecule has 1 aliphatic rings. The minimum atomic E-state index is -0.160. The fourth-order valence-corrected chi connectivity index (χ4v) is 3.00. The van der Waals surface area contributed by atoms with Crippen molar-refractivity contribution in [1.82, 2.24) is 10.3 Å². The number of hydrazone groups is 1. The molecule has 0 spiro atoms. The maximum atomic E-state index is 12.0. The van der Waals surface area contributed by atoms with E-state index in [1.165, 1.54) is 0 Å². The number of halogens is 2. The van der Waals surface area contributed by atoms with E-state index in [1.807, 2.05) is 35.2 Å². The molecule has 0 atom stereocenters. The second-order valence-corrected chi connectivity index (χ2v) is 7.07. The Labute approximate surface area is 174 Å². The van der Waals surface area contributed by atoms with E-state index < -0.39 is 0 Å². The summed E-state index contributed by atoms with van der Waals surface area (Å²) in [5.41, 5.74) is 4.21. The van der Waals surface area contributed by atoms with Crippen LogP contribution in [0.4, 0.5) is 0 Å². The highest BCUT2D eigenvalue weighted by Crippen LogP contribution is 2.24. The normalized spacial score (nSPS) is 14.9. The Bertz CT molecular complexity index is 839. The van der Waals surface area contributed by atoms with Gasteiger partial charge in [0.2, 0.25) is 0 Å². The third kappa shape index (κ3) is 6.21. The van der Waals surface area contributed by atoms with Gasteiger partial charge in [0.1, 0.15) is 12.4 Å². The summed E-state index contributed by atoms with van der Waals surface area (Å²) >= 11 is 12.0. The third-order valence-corrected chi connectivity index (χ3v) is 4.90. The lowest BCUT2D eigenvalue weighted by atomic mass is 10.2. The van der Waals surface area contributed by atoms with E-state index in [4.69, 9.17) is 32.7 Å². The van der Waals surface area contributed by atoms with Crippen molar-refractivity contribution in [2.45, 2.75) is 6.61 Å². The highest BCUT2D eigenvalue weighted by atomic mass is 35.5. The Balaban J connectivity index is 1.54. The molecular weight excluding hydrogens is 401 g/mol. The molecule has 8 heteroatoms. The summed E-state index contributed by atoms with van der Waals surface area (Å²) in [6.07, 6.45) is 1.57. The van der Waals surface area contributed by atoms with Crippen LogP contribution >= 0.6 is 23.2 Å². The van der Waals surface area contributed by atoms with Gasteiger partial charge in [-0.15, -0.1) is 0 Å². The molecular formula is C20H21Cl2N3O3. The van der Waals surface area contributed by atoms with E-state index in [1.54, 1.807) is 18.3 Å². The van der Waals surface area contributed by atoms with Crippen molar-refractivity contribution in [2.24, 2.45) is 5.10 Å². The monoisotopic (exact) mass is 421 g/mol. The lowest BCUT2D eigenvalue weighted by Gasteiger charge is -2.25. The standard InChI is InChI=1S/C20H21Cl2N3O3/c21-17-6-5-15(11-18(17)22)14-28-19-4-2-1-3-16(19)12-23-24-20(26)13-25-7-9-27-10-8-25/h1-6,11-12H,7-10,13-14H2,(H,24,26)/b23-12+. The minimum absolute atomic E-state index is 0.160. The first-order valence-electron chi connectivity index (χ1n) is 8.89. The number of carbonyl (C=O) groups excluding carboxylic acids is 1. The number of hydrogen-bond donors (Lipinski definition) is 1. The topological polar surface area (TPSA) is 63.2 Å². The molecule has 1 aliphatic heterocycles. The maximum Gasteiger partial charge on any atom is 0.254 e. The van der Waals surface area contributed by atoms with E-state index in [0.717, 1.165) is 24.2 Å². The molecule has 28 heavy (non-hydrogen) atoms. The molecule has 2 aromatic rings. The van der Waals surface area contributed by atoms with Crippen molar-refractivity contribution in [3.63, 3.8) is 0 Å². The second kappa shape index (κ2) is 10.4. The van der Waals surface area contributed by atoms with Gasteiger partial charge in [0.05, 0.1) is 36.0 Å². The van der Waals surface area contributed by atoms with Crippen LogP contribution in [0.15, 0.2) is 47.6 Å². The summed E-state index contributed by atoms with van der Waals surface area (Å²) in [6.45, 7) is 3.45. The molecule has 1 heterocycles. The first-order chi connectivity index (χ1) is 13.6. The quantitative estimate of drug-likeness (QED) is 0.549. The molecule has 0 bridgehead atoms. The summed E-state index contributed by atoms with van der Waals surface area (Å²) in [5, 5.41) is 5.04. The molecule has 1 amide bonds. The van der Waals surface area contributed by atoms with Gasteiger partial charge in [0.25, 0.3) is 5.91 Å². The fourth-order valence-electron chi connectivity index (χ4n) is 2.68. The molecule has 0 aliphatic carbocycles. The Kier molecular flexibility index (Phi) is 7.68. The molecule has 0 aromatic heterocycles. The highest BCUT2D eigenvalue weighted by Gasteiger charge is 2.13. The van der Waals surface area contributed by atoms with E-state index in [0.29, 0.717) is 42.2 Å². The predicted octanol–water partition coefficient (Wildman–Crippen LogP) is 3.35. The molecule has 0 radical (unpaired) electrons. The zero-order valence-electron chi connectivity index (χ0n) is 15.2. The van der Waals surface area contributed by atoms with Crippen LogP contribution in [0.1, 0.15) is 11.1 Å². The smallest absolute Gasteiger partial charge is 0.254 e. The van der Waals surface area contributed by atoms with Crippen molar-refractivity contribution in [2.75, 3.05) is 32.8 Å². The Morgan fingerprint density at radius 1 is 1.18 bits per heavy atom. The van der Waals surface area contributed by atoms with Crippen LogP contribution in [0.25, 0.3) is 0 Å². The molecule has 1 fully saturated rings. The summed E-state index contributed by atoms with van der Waals surface area (Å²) in [4.78, 5) is 14.0. The molecule has 0 saturated carbocycles.